The van der Waals surface area contributed by atoms with Gasteiger partial charge < -0.3 is 14.8 Å². The van der Waals surface area contributed by atoms with E-state index in [9.17, 15) is 18.8 Å². The van der Waals surface area contributed by atoms with Crippen LogP contribution in [0.3, 0.4) is 0 Å². The predicted octanol–water partition coefficient (Wildman–Crippen LogP) is 5.36. The van der Waals surface area contributed by atoms with Gasteiger partial charge in [0.25, 0.3) is 5.91 Å². The maximum absolute atomic E-state index is 13.0. The van der Waals surface area contributed by atoms with Crippen LogP contribution in [-0.2, 0) is 4.79 Å². The minimum atomic E-state index is -0.476. The molecule has 6 nitrogen and oxygen atoms in total. The van der Waals surface area contributed by atoms with Gasteiger partial charge in [-0.2, -0.15) is 0 Å². The van der Waals surface area contributed by atoms with E-state index in [0.717, 1.165) is 0 Å². The molecule has 0 aromatic heterocycles. The molecule has 0 unspecified atom stereocenters. The molecule has 8 heteroatoms. The van der Waals surface area contributed by atoms with E-state index in [1.165, 1.54) is 36.4 Å². The number of allylic oxidation sites excluding steroid dienone is 1. The van der Waals surface area contributed by atoms with Crippen LogP contribution in [0.1, 0.15) is 33.2 Å². The summed E-state index contributed by atoms with van der Waals surface area (Å²) in [7, 11) is 0. The van der Waals surface area contributed by atoms with Gasteiger partial charge in [0, 0.05) is 16.8 Å². The van der Waals surface area contributed by atoms with Crippen molar-refractivity contribution in [3.05, 3.63) is 93.8 Å². The summed E-state index contributed by atoms with van der Waals surface area (Å²) in [5.74, 6) is -1.20. The average molecular weight is 480 g/mol. The van der Waals surface area contributed by atoms with Gasteiger partial charge in [-0.05, 0) is 55.0 Å². The standard InChI is InChI=1S/C26H19ClFNO5/c1-2-33-22-13-15(11-20-24(31)18-5-3-4-6-19(18)25(20)32)12-21(27)26(22)34-14-23(30)29-17-9-7-16(28)8-10-17/h3-13H,2,14H2,1H3,(H,29,30). The molecule has 0 atom stereocenters. The van der Waals surface area contributed by atoms with Crippen molar-refractivity contribution in [3.63, 3.8) is 0 Å². The molecule has 0 saturated carbocycles. The number of carbonyl (C=O) groups excluding carboxylic acids is 3. The summed E-state index contributed by atoms with van der Waals surface area (Å²) < 4.78 is 24.2. The maximum Gasteiger partial charge on any atom is 0.262 e. The number of Topliss-reactive ketones (excluding diaryl/α,β-unsaturated/α-hetero) is 2. The van der Waals surface area contributed by atoms with Gasteiger partial charge in [-0.25, -0.2) is 4.39 Å². The highest BCUT2D eigenvalue weighted by Crippen LogP contribution is 2.38. The van der Waals surface area contributed by atoms with E-state index in [-0.39, 0.29) is 46.9 Å². The SMILES string of the molecule is CCOc1cc(C=C2C(=O)c3ccccc3C2=O)cc(Cl)c1OCC(=O)Nc1ccc(F)cc1. The number of anilines is 1. The highest BCUT2D eigenvalue weighted by Gasteiger charge is 2.32. The fraction of sp³-hybridized carbons (Fsp3) is 0.115. The Morgan fingerprint density at radius 2 is 1.65 bits per heavy atom. The number of carbonyl (C=O) groups is 3. The highest BCUT2D eigenvalue weighted by molar-refractivity contribution is 6.41. The number of halogens is 2. The molecule has 0 radical (unpaired) electrons. The zero-order valence-corrected chi connectivity index (χ0v) is 18.8. The molecule has 3 aromatic rings. The maximum atomic E-state index is 13.0. The van der Waals surface area contributed by atoms with E-state index in [2.05, 4.69) is 5.32 Å². The number of nitrogens with one attached hydrogen (secondary N) is 1. The van der Waals surface area contributed by atoms with Crippen LogP contribution in [0.2, 0.25) is 5.02 Å². The van der Waals surface area contributed by atoms with E-state index in [1.54, 1.807) is 37.3 Å². The molecule has 3 aromatic carbocycles. The summed E-state index contributed by atoms with van der Waals surface area (Å²) in [6, 6.07) is 15.1. The number of rotatable bonds is 7. The number of benzene rings is 3. The fourth-order valence-electron chi connectivity index (χ4n) is 3.51. The van der Waals surface area contributed by atoms with Crippen LogP contribution < -0.4 is 14.8 Å². The molecule has 0 bridgehead atoms. The van der Waals surface area contributed by atoms with Crippen molar-refractivity contribution in [2.24, 2.45) is 0 Å². The van der Waals surface area contributed by atoms with E-state index in [4.69, 9.17) is 21.1 Å². The lowest BCUT2D eigenvalue weighted by Gasteiger charge is -2.14. The molecule has 1 aliphatic carbocycles. The molecule has 0 fully saturated rings. The number of fused-ring (bicyclic) bond motifs is 1. The van der Waals surface area contributed by atoms with Crippen molar-refractivity contribution in [1.82, 2.24) is 0 Å². The lowest BCUT2D eigenvalue weighted by Crippen LogP contribution is -2.20. The van der Waals surface area contributed by atoms with E-state index >= 15 is 0 Å². The third-order valence-corrected chi connectivity index (χ3v) is 5.30. The van der Waals surface area contributed by atoms with E-state index in [1.807, 2.05) is 0 Å². The van der Waals surface area contributed by atoms with Crippen molar-refractivity contribution < 1.29 is 28.2 Å². The molecule has 1 aliphatic rings. The number of ether oxygens (including phenoxy) is 2. The smallest absolute Gasteiger partial charge is 0.262 e. The molecular weight excluding hydrogens is 461 g/mol. The van der Waals surface area contributed by atoms with Crippen LogP contribution in [-0.4, -0.2) is 30.7 Å². The second kappa shape index (κ2) is 9.89. The number of ketones is 2. The van der Waals surface area contributed by atoms with Crippen molar-refractivity contribution in [2.75, 3.05) is 18.5 Å². The Bertz CT molecular complexity index is 1280. The average Bonchev–Trinajstić information content (AvgIpc) is 3.05. The van der Waals surface area contributed by atoms with Gasteiger partial charge in [0.2, 0.25) is 0 Å². The zero-order chi connectivity index (χ0) is 24.2. The molecule has 4 rings (SSSR count). The van der Waals surface area contributed by atoms with Gasteiger partial charge in [0.05, 0.1) is 17.2 Å². The summed E-state index contributed by atoms with van der Waals surface area (Å²) >= 11 is 6.40. The monoisotopic (exact) mass is 479 g/mol. The summed E-state index contributed by atoms with van der Waals surface area (Å²) in [6.45, 7) is 1.69. The third kappa shape index (κ3) is 4.84. The van der Waals surface area contributed by atoms with Crippen LogP contribution in [0.15, 0.2) is 66.2 Å². The third-order valence-electron chi connectivity index (χ3n) is 5.02. The van der Waals surface area contributed by atoms with E-state index in [0.29, 0.717) is 22.4 Å². The molecule has 172 valence electrons. The first-order valence-electron chi connectivity index (χ1n) is 10.4. The minimum Gasteiger partial charge on any atom is -0.490 e. The topological polar surface area (TPSA) is 81.7 Å². The van der Waals surface area contributed by atoms with Gasteiger partial charge in [0.15, 0.2) is 29.7 Å². The summed E-state index contributed by atoms with van der Waals surface area (Å²) in [5, 5.41) is 2.73. The second-order valence-electron chi connectivity index (χ2n) is 7.37. The van der Waals surface area contributed by atoms with Crippen LogP contribution in [0.5, 0.6) is 11.5 Å². The Labute approximate surface area is 200 Å². The molecule has 1 N–H and O–H groups in total. The van der Waals surface area contributed by atoms with Crippen LogP contribution in [0.4, 0.5) is 10.1 Å². The quantitative estimate of drug-likeness (QED) is 0.364. The van der Waals surface area contributed by atoms with Crippen LogP contribution in [0, 0.1) is 5.82 Å². The first-order valence-corrected chi connectivity index (χ1v) is 10.8. The first-order chi connectivity index (χ1) is 16.4. The van der Waals surface area contributed by atoms with Gasteiger partial charge in [-0.1, -0.05) is 35.9 Å². The van der Waals surface area contributed by atoms with Crippen LogP contribution in [0.25, 0.3) is 6.08 Å². The minimum absolute atomic E-state index is 0.0343. The Kier molecular flexibility index (Phi) is 6.75. The van der Waals surface area contributed by atoms with Crippen molar-refractivity contribution in [1.29, 1.82) is 0 Å². The van der Waals surface area contributed by atoms with Gasteiger partial charge in [0.1, 0.15) is 5.82 Å². The molecule has 34 heavy (non-hydrogen) atoms. The molecule has 0 heterocycles. The highest BCUT2D eigenvalue weighted by atomic mass is 35.5. The van der Waals surface area contributed by atoms with Crippen molar-refractivity contribution >= 4 is 40.8 Å². The zero-order valence-electron chi connectivity index (χ0n) is 18.1. The van der Waals surface area contributed by atoms with Gasteiger partial charge in [-0.3, -0.25) is 14.4 Å². The fourth-order valence-corrected chi connectivity index (χ4v) is 3.79. The molecular formula is C26H19ClFNO5. The lowest BCUT2D eigenvalue weighted by molar-refractivity contribution is -0.118. The largest absolute Gasteiger partial charge is 0.490 e. The summed E-state index contributed by atoms with van der Waals surface area (Å²) in [4.78, 5) is 37.6. The van der Waals surface area contributed by atoms with Gasteiger partial charge >= 0.3 is 0 Å². The predicted molar refractivity (Wildman–Crippen MR) is 126 cm³/mol. The molecule has 0 aliphatic heterocycles. The normalized spacial score (nSPS) is 12.4. The van der Waals surface area contributed by atoms with Crippen molar-refractivity contribution in [2.45, 2.75) is 6.92 Å². The Balaban J connectivity index is 1.54. The Hall–Kier alpha value is -3.97. The van der Waals surface area contributed by atoms with E-state index < -0.39 is 11.7 Å². The van der Waals surface area contributed by atoms with Gasteiger partial charge in [-0.15, -0.1) is 0 Å². The molecule has 0 spiro atoms. The van der Waals surface area contributed by atoms with Crippen molar-refractivity contribution in [3.8, 4) is 11.5 Å². The summed E-state index contributed by atoms with van der Waals surface area (Å²) in [6.07, 6.45) is 1.46. The van der Waals surface area contributed by atoms with Crippen LogP contribution >= 0.6 is 11.6 Å². The number of amides is 1. The molecule has 0 saturated heterocycles. The summed E-state index contributed by atoms with van der Waals surface area (Å²) in [5.41, 5.74) is 1.65. The molecule has 1 amide bonds. The number of hydrogen-bond donors (Lipinski definition) is 1. The first kappa shape index (κ1) is 23.2. The lowest BCUT2D eigenvalue weighted by atomic mass is 10.1. The Morgan fingerprint density at radius 1 is 1.00 bits per heavy atom. The Morgan fingerprint density at radius 3 is 2.26 bits per heavy atom. The number of hydrogen-bond acceptors (Lipinski definition) is 5. The second-order valence-corrected chi connectivity index (χ2v) is 7.78.